The van der Waals surface area contributed by atoms with Gasteiger partial charge in [-0.25, -0.2) is 0 Å². The lowest BCUT2D eigenvalue weighted by Gasteiger charge is -2.23. The first-order valence-electron chi connectivity index (χ1n) is 6.87. The first-order chi connectivity index (χ1) is 8.81. The maximum Gasteiger partial charge on any atom is 0.221 e. The standard InChI is InChI=1S/C14H22N2OS/c1-2-8-16-14(17)6-9-15-12-4-3-5-13-11(12)7-10-18-13/h7,10,12,15H,2-6,8-9H2,1H3,(H,16,17). The maximum atomic E-state index is 11.5. The highest BCUT2D eigenvalue weighted by atomic mass is 32.1. The van der Waals surface area contributed by atoms with E-state index in [1.807, 2.05) is 11.3 Å². The second kappa shape index (κ2) is 6.90. The number of thiophene rings is 1. The molecule has 0 fully saturated rings. The molecule has 1 aromatic rings. The Balaban J connectivity index is 1.74. The molecule has 2 rings (SSSR count). The van der Waals surface area contributed by atoms with Crippen LogP contribution in [0.15, 0.2) is 11.4 Å². The van der Waals surface area contributed by atoms with Gasteiger partial charge in [0.2, 0.25) is 5.91 Å². The number of amides is 1. The number of fused-ring (bicyclic) bond motifs is 1. The summed E-state index contributed by atoms with van der Waals surface area (Å²) in [5.41, 5.74) is 1.46. The summed E-state index contributed by atoms with van der Waals surface area (Å²) in [6.07, 6.45) is 5.26. The van der Waals surface area contributed by atoms with Crippen LogP contribution in [-0.4, -0.2) is 19.0 Å². The fourth-order valence-electron chi connectivity index (χ4n) is 2.41. The van der Waals surface area contributed by atoms with Crippen LogP contribution in [0.4, 0.5) is 0 Å². The van der Waals surface area contributed by atoms with Crippen molar-refractivity contribution in [2.45, 2.75) is 45.1 Å². The van der Waals surface area contributed by atoms with Crippen LogP contribution in [0, 0.1) is 0 Å². The fourth-order valence-corrected chi connectivity index (χ4v) is 3.40. The van der Waals surface area contributed by atoms with Gasteiger partial charge in [0.05, 0.1) is 0 Å². The van der Waals surface area contributed by atoms with Crippen molar-refractivity contribution in [3.05, 3.63) is 21.9 Å². The zero-order valence-electron chi connectivity index (χ0n) is 11.0. The van der Waals surface area contributed by atoms with Crippen molar-refractivity contribution in [1.82, 2.24) is 10.6 Å². The molecule has 1 amide bonds. The average Bonchev–Trinajstić information content (AvgIpc) is 2.85. The van der Waals surface area contributed by atoms with Crippen molar-refractivity contribution in [2.75, 3.05) is 13.1 Å². The molecular weight excluding hydrogens is 244 g/mol. The van der Waals surface area contributed by atoms with Crippen LogP contribution in [0.5, 0.6) is 0 Å². The lowest BCUT2D eigenvalue weighted by Crippen LogP contribution is -2.30. The third-order valence-corrected chi connectivity index (χ3v) is 4.36. The van der Waals surface area contributed by atoms with Gasteiger partial charge in [-0.15, -0.1) is 11.3 Å². The molecule has 1 heterocycles. The van der Waals surface area contributed by atoms with Gasteiger partial charge < -0.3 is 10.6 Å². The summed E-state index contributed by atoms with van der Waals surface area (Å²) in [6, 6.07) is 2.69. The van der Waals surface area contributed by atoms with Gasteiger partial charge in [0.1, 0.15) is 0 Å². The summed E-state index contributed by atoms with van der Waals surface area (Å²) in [7, 11) is 0. The molecule has 0 aromatic carbocycles. The predicted molar refractivity (Wildman–Crippen MR) is 75.9 cm³/mol. The highest BCUT2D eigenvalue weighted by molar-refractivity contribution is 7.10. The summed E-state index contributed by atoms with van der Waals surface area (Å²) in [6.45, 7) is 3.63. The van der Waals surface area contributed by atoms with E-state index in [4.69, 9.17) is 0 Å². The Labute approximate surface area is 113 Å². The Kier molecular flexibility index (Phi) is 5.20. The van der Waals surface area contributed by atoms with E-state index < -0.39 is 0 Å². The molecule has 0 radical (unpaired) electrons. The molecule has 18 heavy (non-hydrogen) atoms. The molecule has 0 aliphatic heterocycles. The minimum atomic E-state index is 0.158. The summed E-state index contributed by atoms with van der Waals surface area (Å²) in [5.74, 6) is 0.158. The minimum absolute atomic E-state index is 0.158. The quantitative estimate of drug-likeness (QED) is 0.831. The molecule has 1 aromatic heterocycles. The number of carbonyl (C=O) groups is 1. The highest BCUT2D eigenvalue weighted by Gasteiger charge is 2.20. The van der Waals surface area contributed by atoms with E-state index in [1.165, 1.54) is 29.7 Å². The van der Waals surface area contributed by atoms with Gasteiger partial charge in [-0.3, -0.25) is 4.79 Å². The molecule has 0 saturated carbocycles. The summed E-state index contributed by atoms with van der Waals surface area (Å²) in [4.78, 5) is 13.0. The summed E-state index contributed by atoms with van der Waals surface area (Å²) >= 11 is 1.86. The van der Waals surface area contributed by atoms with Crippen LogP contribution < -0.4 is 10.6 Å². The monoisotopic (exact) mass is 266 g/mol. The molecule has 1 unspecified atom stereocenters. The Bertz CT molecular complexity index is 389. The molecule has 3 nitrogen and oxygen atoms in total. The largest absolute Gasteiger partial charge is 0.356 e. The highest BCUT2D eigenvalue weighted by Crippen LogP contribution is 2.32. The number of hydrogen-bond acceptors (Lipinski definition) is 3. The Morgan fingerprint density at radius 1 is 1.50 bits per heavy atom. The topological polar surface area (TPSA) is 41.1 Å². The third kappa shape index (κ3) is 3.56. The molecule has 0 spiro atoms. The number of hydrogen-bond donors (Lipinski definition) is 2. The maximum absolute atomic E-state index is 11.5. The molecule has 1 aliphatic rings. The number of aryl methyl sites for hydroxylation is 1. The second-order valence-corrected chi connectivity index (χ2v) is 5.80. The van der Waals surface area contributed by atoms with Crippen molar-refractivity contribution in [3.8, 4) is 0 Å². The second-order valence-electron chi connectivity index (χ2n) is 4.80. The van der Waals surface area contributed by atoms with Crippen molar-refractivity contribution >= 4 is 17.2 Å². The number of nitrogens with one attached hydrogen (secondary N) is 2. The molecule has 4 heteroatoms. The summed E-state index contributed by atoms with van der Waals surface area (Å²) in [5, 5.41) is 8.60. The van der Waals surface area contributed by atoms with Gasteiger partial charge >= 0.3 is 0 Å². The molecule has 1 aliphatic carbocycles. The van der Waals surface area contributed by atoms with Gasteiger partial charge in [-0.1, -0.05) is 6.92 Å². The van der Waals surface area contributed by atoms with Gasteiger partial charge in [-0.2, -0.15) is 0 Å². The first-order valence-corrected chi connectivity index (χ1v) is 7.75. The molecule has 2 N–H and O–H groups in total. The van der Waals surface area contributed by atoms with E-state index in [-0.39, 0.29) is 5.91 Å². The zero-order chi connectivity index (χ0) is 12.8. The zero-order valence-corrected chi connectivity index (χ0v) is 11.8. The molecular formula is C14H22N2OS. The number of rotatable bonds is 6. The van der Waals surface area contributed by atoms with Crippen LogP contribution >= 0.6 is 11.3 Å². The van der Waals surface area contributed by atoms with Crippen molar-refractivity contribution in [1.29, 1.82) is 0 Å². The van der Waals surface area contributed by atoms with Gasteiger partial charge in [0.25, 0.3) is 0 Å². The van der Waals surface area contributed by atoms with E-state index in [9.17, 15) is 4.79 Å². The van der Waals surface area contributed by atoms with Gasteiger partial charge in [0, 0.05) is 30.4 Å². The molecule has 0 bridgehead atoms. The smallest absolute Gasteiger partial charge is 0.221 e. The lowest BCUT2D eigenvalue weighted by molar-refractivity contribution is -0.121. The molecule has 100 valence electrons. The Morgan fingerprint density at radius 2 is 2.39 bits per heavy atom. The van der Waals surface area contributed by atoms with Crippen LogP contribution in [0.3, 0.4) is 0 Å². The summed E-state index contributed by atoms with van der Waals surface area (Å²) < 4.78 is 0. The molecule has 1 atom stereocenters. The van der Waals surface area contributed by atoms with Crippen molar-refractivity contribution < 1.29 is 4.79 Å². The molecule has 0 saturated heterocycles. The van der Waals surface area contributed by atoms with Crippen molar-refractivity contribution in [3.63, 3.8) is 0 Å². The Morgan fingerprint density at radius 3 is 3.22 bits per heavy atom. The normalized spacial score (nSPS) is 18.4. The van der Waals surface area contributed by atoms with Gasteiger partial charge in [0.15, 0.2) is 0 Å². The lowest BCUT2D eigenvalue weighted by atomic mass is 9.94. The van der Waals surface area contributed by atoms with E-state index in [2.05, 4.69) is 29.0 Å². The number of carbonyl (C=O) groups excluding carboxylic acids is 1. The Hall–Kier alpha value is -0.870. The third-order valence-electron chi connectivity index (χ3n) is 3.37. The van der Waals surface area contributed by atoms with Gasteiger partial charge in [-0.05, 0) is 42.7 Å². The SMILES string of the molecule is CCCNC(=O)CCNC1CCCc2sccc21. The van der Waals surface area contributed by atoms with Crippen LogP contribution in [0.1, 0.15) is 49.1 Å². The van der Waals surface area contributed by atoms with Crippen LogP contribution in [0.25, 0.3) is 0 Å². The van der Waals surface area contributed by atoms with E-state index in [0.717, 1.165) is 19.5 Å². The van der Waals surface area contributed by atoms with E-state index in [0.29, 0.717) is 12.5 Å². The first kappa shape index (κ1) is 13.6. The fraction of sp³-hybridized carbons (Fsp3) is 0.643. The van der Waals surface area contributed by atoms with E-state index >= 15 is 0 Å². The van der Waals surface area contributed by atoms with E-state index in [1.54, 1.807) is 0 Å². The minimum Gasteiger partial charge on any atom is -0.356 e. The predicted octanol–water partition coefficient (Wildman–Crippen LogP) is 2.63. The van der Waals surface area contributed by atoms with Crippen LogP contribution in [0.2, 0.25) is 0 Å². The van der Waals surface area contributed by atoms with Crippen LogP contribution in [-0.2, 0) is 11.2 Å². The average molecular weight is 266 g/mol. The van der Waals surface area contributed by atoms with Crippen molar-refractivity contribution in [2.24, 2.45) is 0 Å².